The van der Waals surface area contributed by atoms with Gasteiger partial charge in [0, 0.05) is 31.2 Å². The van der Waals surface area contributed by atoms with E-state index in [9.17, 15) is 0 Å². The zero-order chi connectivity index (χ0) is 19.9. The average molecular weight is 541 g/mol. The van der Waals surface area contributed by atoms with Crippen LogP contribution in [-0.4, -0.2) is 37.7 Å². The van der Waals surface area contributed by atoms with Crippen molar-refractivity contribution in [3.8, 4) is 5.75 Å². The zero-order valence-electron chi connectivity index (χ0n) is 17.7. The summed E-state index contributed by atoms with van der Waals surface area (Å²) < 4.78 is 6.16. The summed E-state index contributed by atoms with van der Waals surface area (Å²) in [6.07, 6.45) is 6.27. The fraction of sp³-hybridized carbons (Fsp3) is 0.522. The van der Waals surface area contributed by atoms with Crippen molar-refractivity contribution in [3.05, 3.63) is 47.3 Å². The first-order valence-electron chi connectivity index (χ1n) is 10.9. The number of guanidine groups is 1. The van der Waals surface area contributed by atoms with E-state index in [1.807, 2.05) is 17.4 Å². The number of nitrogens with zero attached hydrogens (tertiary/aromatic N) is 2. The van der Waals surface area contributed by atoms with Crippen molar-refractivity contribution in [2.75, 3.05) is 24.5 Å². The molecule has 0 unspecified atom stereocenters. The molecule has 164 valence electrons. The molecule has 1 aliphatic carbocycles. The van der Waals surface area contributed by atoms with Gasteiger partial charge < -0.3 is 20.3 Å². The topological polar surface area (TPSA) is 48.9 Å². The number of aliphatic imine (C=N–C) groups is 1. The zero-order valence-corrected chi connectivity index (χ0v) is 20.8. The summed E-state index contributed by atoms with van der Waals surface area (Å²) in [7, 11) is 0. The first-order valence-corrected chi connectivity index (χ1v) is 11.8. The summed E-state index contributed by atoms with van der Waals surface area (Å²) in [5, 5.41) is 10.6. The van der Waals surface area contributed by atoms with Crippen LogP contribution in [0, 0.1) is 0 Å². The Balaban J connectivity index is 0.00000256. The van der Waals surface area contributed by atoms with Gasteiger partial charge in [0.25, 0.3) is 0 Å². The maximum atomic E-state index is 6.16. The number of rotatable bonds is 7. The fourth-order valence-electron chi connectivity index (χ4n) is 3.79. The van der Waals surface area contributed by atoms with Gasteiger partial charge in [-0.25, -0.2) is 4.99 Å². The van der Waals surface area contributed by atoms with Crippen LogP contribution in [0.25, 0.3) is 0 Å². The molecule has 1 aromatic heterocycles. The minimum Gasteiger partial charge on any atom is -0.490 e. The molecule has 2 aromatic rings. The van der Waals surface area contributed by atoms with Crippen molar-refractivity contribution >= 4 is 46.3 Å². The van der Waals surface area contributed by atoms with Crippen molar-refractivity contribution in [1.82, 2.24) is 10.6 Å². The van der Waals surface area contributed by atoms with Crippen molar-refractivity contribution in [2.24, 2.45) is 4.99 Å². The molecule has 0 bridgehead atoms. The van der Waals surface area contributed by atoms with Crippen LogP contribution in [0.3, 0.4) is 0 Å². The van der Waals surface area contributed by atoms with E-state index in [2.05, 4.69) is 58.2 Å². The van der Waals surface area contributed by atoms with E-state index in [0.717, 1.165) is 49.7 Å². The molecule has 1 aromatic carbocycles. The molecule has 2 aliphatic rings. The Morgan fingerprint density at radius 2 is 1.93 bits per heavy atom. The van der Waals surface area contributed by atoms with Crippen molar-refractivity contribution < 1.29 is 4.74 Å². The largest absolute Gasteiger partial charge is 0.490 e. The molecular formula is C23H33IN4OS. The summed E-state index contributed by atoms with van der Waals surface area (Å²) in [5.41, 5.74) is 1.16. The predicted molar refractivity (Wildman–Crippen MR) is 138 cm³/mol. The van der Waals surface area contributed by atoms with Crippen LogP contribution < -0.4 is 20.3 Å². The normalized spacial score (nSPS) is 17.8. The van der Waals surface area contributed by atoms with Gasteiger partial charge in [0.15, 0.2) is 5.96 Å². The van der Waals surface area contributed by atoms with E-state index < -0.39 is 0 Å². The molecule has 1 saturated heterocycles. The van der Waals surface area contributed by atoms with Crippen molar-refractivity contribution in [2.45, 2.75) is 57.7 Å². The maximum absolute atomic E-state index is 6.16. The highest BCUT2D eigenvalue weighted by Gasteiger charge is 2.21. The summed E-state index contributed by atoms with van der Waals surface area (Å²) in [5.74, 6) is 1.89. The van der Waals surface area contributed by atoms with Crippen molar-refractivity contribution in [1.29, 1.82) is 0 Å². The molecule has 1 aliphatic heterocycles. The van der Waals surface area contributed by atoms with E-state index in [-0.39, 0.29) is 24.0 Å². The lowest BCUT2D eigenvalue weighted by atomic mass is 9.96. The number of ether oxygens (including phenoxy) is 1. The van der Waals surface area contributed by atoms with Crippen LogP contribution in [0.4, 0.5) is 5.00 Å². The Labute approximate surface area is 201 Å². The third-order valence-electron chi connectivity index (χ3n) is 5.72. The number of benzene rings is 1. The highest BCUT2D eigenvalue weighted by Crippen LogP contribution is 2.28. The molecule has 1 saturated carbocycles. The van der Waals surface area contributed by atoms with Gasteiger partial charge in [-0.05, 0) is 62.6 Å². The van der Waals surface area contributed by atoms with E-state index >= 15 is 0 Å². The molecule has 2 N–H and O–H groups in total. The van der Waals surface area contributed by atoms with Crippen LogP contribution in [0.2, 0.25) is 0 Å². The molecule has 7 heteroatoms. The Morgan fingerprint density at radius 3 is 2.60 bits per heavy atom. The fourth-order valence-corrected chi connectivity index (χ4v) is 4.57. The van der Waals surface area contributed by atoms with E-state index in [1.165, 1.54) is 24.3 Å². The average Bonchev–Trinajstić information content (AvgIpc) is 3.25. The molecular weight excluding hydrogens is 507 g/mol. The summed E-state index contributed by atoms with van der Waals surface area (Å²) >= 11 is 1.83. The molecule has 0 amide bonds. The number of anilines is 1. The van der Waals surface area contributed by atoms with Gasteiger partial charge in [0.2, 0.25) is 0 Å². The van der Waals surface area contributed by atoms with Gasteiger partial charge >= 0.3 is 0 Å². The minimum atomic E-state index is 0. The monoisotopic (exact) mass is 540 g/mol. The second-order valence-electron chi connectivity index (χ2n) is 7.83. The van der Waals surface area contributed by atoms with Gasteiger partial charge in [-0.3, -0.25) is 0 Å². The molecule has 30 heavy (non-hydrogen) atoms. The number of thiophene rings is 1. The Kier molecular flexibility index (Phi) is 9.11. The first kappa shape index (κ1) is 23.2. The highest BCUT2D eigenvalue weighted by molar-refractivity contribution is 14.0. The Hall–Kier alpha value is -1.48. The maximum Gasteiger partial charge on any atom is 0.191 e. The first-order chi connectivity index (χ1) is 14.3. The Morgan fingerprint density at radius 1 is 1.13 bits per heavy atom. The third-order valence-corrected chi connectivity index (χ3v) is 6.65. The lowest BCUT2D eigenvalue weighted by molar-refractivity contribution is 0.119. The standard InChI is InChI=1S/C23H32N4OS.HI/c1-2-24-23(26-19-12-14-27(15-13-19)22-11-6-16-29-22)25-17-18-7-3-4-10-21(18)28-20-8-5-9-20;/h3-4,6-7,10-11,16,19-20H,2,5,8-9,12-15,17H2,1H3,(H2,24,25,26);1H. The molecule has 0 spiro atoms. The van der Waals surface area contributed by atoms with Crippen LogP contribution in [0.5, 0.6) is 5.75 Å². The second kappa shape index (κ2) is 11.8. The molecule has 2 fully saturated rings. The quantitative estimate of drug-likeness (QED) is 0.294. The SMILES string of the molecule is CCNC(=NCc1ccccc1OC1CCC1)NC1CCN(c2cccs2)CC1.I. The van der Waals surface area contributed by atoms with Crippen molar-refractivity contribution in [3.63, 3.8) is 0 Å². The van der Waals surface area contributed by atoms with E-state index in [1.54, 1.807) is 0 Å². The number of para-hydroxylation sites is 1. The number of hydrogen-bond donors (Lipinski definition) is 2. The minimum absolute atomic E-state index is 0. The number of halogens is 1. The molecule has 0 radical (unpaired) electrons. The van der Waals surface area contributed by atoms with Gasteiger partial charge in [0.1, 0.15) is 5.75 Å². The lowest BCUT2D eigenvalue weighted by Gasteiger charge is -2.33. The third kappa shape index (κ3) is 6.26. The van der Waals surface area contributed by atoms with Crippen LogP contribution in [0.15, 0.2) is 46.8 Å². The number of nitrogens with one attached hydrogen (secondary N) is 2. The van der Waals surface area contributed by atoms with Gasteiger partial charge in [-0.15, -0.1) is 35.3 Å². The number of hydrogen-bond acceptors (Lipinski definition) is 4. The van der Waals surface area contributed by atoms with Crippen LogP contribution in [-0.2, 0) is 6.54 Å². The van der Waals surface area contributed by atoms with Crippen LogP contribution >= 0.6 is 35.3 Å². The van der Waals surface area contributed by atoms with Gasteiger partial charge in [0.05, 0.1) is 17.6 Å². The van der Waals surface area contributed by atoms with Gasteiger partial charge in [-0.1, -0.05) is 18.2 Å². The van der Waals surface area contributed by atoms with Crippen LogP contribution in [0.1, 0.15) is 44.6 Å². The lowest BCUT2D eigenvalue weighted by Crippen LogP contribution is -2.48. The van der Waals surface area contributed by atoms with E-state index in [4.69, 9.17) is 9.73 Å². The molecule has 4 rings (SSSR count). The van der Waals surface area contributed by atoms with E-state index in [0.29, 0.717) is 18.7 Å². The smallest absolute Gasteiger partial charge is 0.191 e. The summed E-state index contributed by atoms with van der Waals surface area (Å²) in [4.78, 5) is 7.35. The predicted octanol–water partition coefficient (Wildman–Crippen LogP) is 5.02. The molecule has 5 nitrogen and oxygen atoms in total. The highest BCUT2D eigenvalue weighted by atomic mass is 127. The second-order valence-corrected chi connectivity index (χ2v) is 8.76. The van der Waals surface area contributed by atoms with Gasteiger partial charge in [-0.2, -0.15) is 0 Å². The summed E-state index contributed by atoms with van der Waals surface area (Å²) in [6.45, 7) is 5.79. The molecule has 0 atom stereocenters. The number of piperidine rings is 1. The summed E-state index contributed by atoms with van der Waals surface area (Å²) in [6, 6.07) is 13.1. The molecule has 2 heterocycles. The Bertz CT molecular complexity index is 786.